The average molecular weight is 215 g/mol. The zero-order valence-corrected chi connectivity index (χ0v) is 10.0. The summed E-state index contributed by atoms with van der Waals surface area (Å²) < 4.78 is 0. The van der Waals surface area contributed by atoms with Gasteiger partial charge in [0.1, 0.15) is 5.54 Å². The lowest BCUT2D eigenvalue weighted by Crippen LogP contribution is -2.61. The zero-order chi connectivity index (χ0) is 12.2. The van der Waals surface area contributed by atoms with Crippen LogP contribution in [0.1, 0.15) is 27.7 Å². The Balaban J connectivity index is 4.71. The molecular weight excluding hydrogens is 194 g/mol. The summed E-state index contributed by atoms with van der Waals surface area (Å²) in [6.45, 7) is 7.04. The van der Waals surface area contributed by atoms with Crippen LogP contribution in [0.5, 0.6) is 0 Å². The average Bonchev–Trinajstić information content (AvgIpc) is 2.15. The van der Waals surface area contributed by atoms with Gasteiger partial charge in [-0.1, -0.05) is 13.8 Å². The van der Waals surface area contributed by atoms with Gasteiger partial charge in [-0.2, -0.15) is 0 Å². The summed E-state index contributed by atoms with van der Waals surface area (Å²) in [7, 11) is 1.68. The second-order valence-electron chi connectivity index (χ2n) is 4.22. The van der Waals surface area contributed by atoms with Gasteiger partial charge >= 0.3 is 0 Å². The minimum absolute atomic E-state index is 0.0528. The van der Waals surface area contributed by atoms with Gasteiger partial charge in [-0.15, -0.1) is 0 Å². The molecule has 0 saturated carbocycles. The van der Waals surface area contributed by atoms with Gasteiger partial charge in [-0.25, -0.2) is 0 Å². The molecule has 0 fully saturated rings. The Morgan fingerprint density at radius 1 is 1.27 bits per heavy atom. The predicted octanol–water partition coefficient (Wildman–Crippen LogP) is -0.389. The van der Waals surface area contributed by atoms with Crippen LogP contribution in [0.4, 0.5) is 0 Å². The van der Waals surface area contributed by atoms with E-state index in [1.54, 1.807) is 20.9 Å². The molecule has 2 unspecified atom stereocenters. The van der Waals surface area contributed by atoms with Crippen LogP contribution in [0, 0.1) is 5.92 Å². The highest BCUT2D eigenvalue weighted by molar-refractivity contribution is 5.91. The molecule has 2 atom stereocenters. The molecular formula is C10H21N3O2. The monoisotopic (exact) mass is 215 g/mol. The lowest BCUT2D eigenvalue weighted by atomic mass is 9.87. The van der Waals surface area contributed by atoms with Crippen LogP contribution in [-0.2, 0) is 9.59 Å². The fourth-order valence-electron chi connectivity index (χ4n) is 0.986. The van der Waals surface area contributed by atoms with Gasteiger partial charge in [-0.3, -0.25) is 9.59 Å². The molecule has 0 aliphatic rings. The van der Waals surface area contributed by atoms with Crippen LogP contribution in [0.2, 0.25) is 0 Å². The van der Waals surface area contributed by atoms with Crippen molar-refractivity contribution in [2.75, 3.05) is 7.05 Å². The van der Waals surface area contributed by atoms with E-state index in [9.17, 15) is 9.59 Å². The number of amides is 2. The van der Waals surface area contributed by atoms with E-state index < -0.39 is 11.4 Å². The molecule has 0 bridgehead atoms. The first-order valence-corrected chi connectivity index (χ1v) is 5.04. The summed E-state index contributed by atoms with van der Waals surface area (Å²) in [6.07, 6.45) is 0. The number of nitrogens with two attached hydrogens (primary N) is 1. The maximum Gasteiger partial charge on any atom is 0.243 e. The van der Waals surface area contributed by atoms with Crippen LogP contribution < -0.4 is 16.4 Å². The predicted molar refractivity (Wildman–Crippen MR) is 59.1 cm³/mol. The molecule has 0 aromatic rings. The molecule has 2 amide bonds. The van der Waals surface area contributed by atoms with E-state index in [1.807, 2.05) is 13.8 Å². The van der Waals surface area contributed by atoms with Crippen molar-refractivity contribution in [3.8, 4) is 0 Å². The Morgan fingerprint density at radius 2 is 1.73 bits per heavy atom. The number of carbonyl (C=O) groups excluding carboxylic acids is 2. The van der Waals surface area contributed by atoms with Crippen molar-refractivity contribution in [1.29, 1.82) is 0 Å². The fourth-order valence-corrected chi connectivity index (χ4v) is 0.986. The fraction of sp³-hybridized carbons (Fsp3) is 0.800. The molecule has 0 aromatic heterocycles. The van der Waals surface area contributed by atoms with E-state index in [1.165, 1.54) is 0 Å². The number of likely N-dealkylation sites (N-methyl/N-ethyl adjacent to an activating group) is 1. The van der Waals surface area contributed by atoms with Crippen LogP contribution in [0.25, 0.3) is 0 Å². The number of carbonyl (C=O) groups is 2. The SMILES string of the molecule is CNC(C)C(=O)NC(C)(C(N)=O)C(C)C. The highest BCUT2D eigenvalue weighted by Gasteiger charge is 2.36. The first kappa shape index (κ1) is 13.9. The van der Waals surface area contributed by atoms with Crippen LogP contribution >= 0.6 is 0 Å². The van der Waals surface area contributed by atoms with Crippen LogP contribution in [0.15, 0.2) is 0 Å². The third-order valence-corrected chi connectivity index (χ3v) is 2.88. The molecule has 4 N–H and O–H groups in total. The van der Waals surface area contributed by atoms with E-state index in [4.69, 9.17) is 5.73 Å². The van der Waals surface area contributed by atoms with Gasteiger partial charge < -0.3 is 16.4 Å². The summed E-state index contributed by atoms with van der Waals surface area (Å²) in [5.74, 6) is -0.801. The van der Waals surface area contributed by atoms with E-state index in [2.05, 4.69) is 10.6 Å². The van der Waals surface area contributed by atoms with Gasteiger partial charge in [0.25, 0.3) is 0 Å². The molecule has 5 heteroatoms. The number of rotatable bonds is 5. The minimum Gasteiger partial charge on any atom is -0.368 e. The number of hydrogen-bond donors (Lipinski definition) is 3. The van der Waals surface area contributed by atoms with Crippen molar-refractivity contribution < 1.29 is 9.59 Å². The second-order valence-corrected chi connectivity index (χ2v) is 4.22. The molecule has 0 heterocycles. The molecule has 0 rings (SSSR count). The van der Waals surface area contributed by atoms with Crippen molar-refractivity contribution in [1.82, 2.24) is 10.6 Å². The number of nitrogens with one attached hydrogen (secondary N) is 2. The Kier molecular flexibility index (Phi) is 4.74. The summed E-state index contributed by atoms with van der Waals surface area (Å²) in [5.41, 5.74) is 4.29. The third kappa shape index (κ3) is 3.20. The minimum atomic E-state index is -0.998. The number of hydrogen-bond acceptors (Lipinski definition) is 3. The van der Waals surface area contributed by atoms with Crippen molar-refractivity contribution in [3.05, 3.63) is 0 Å². The highest BCUT2D eigenvalue weighted by atomic mass is 16.2. The summed E-state index contributed by atoms with van der Waals surface area (Å²) in [5, 5.41) is 5.47. The first-order valence-electron chi connectivity index (χ1n) is 5.04. The molecule has 5 nitrogen and oxygen atoms in total. The van der Waals surface area contributed by atoms with Gasteiger partial charge in [0.2, 0.25) is 11.8 Å². The Bertz CT molecular complexity index is 253. The summed E-state index contributed by atoms with van der Waals surface area (Å²) >= 11 is 0. The molecule has 0 aromatic carbocycles. The van der Waals surface area contributed by atoms with E-state index >= 15 is 0 Å². The first-order chi connectivity index (χ1) is 6.75. The Labute approximate surface area is 90.8 Å². The van der Waals surface area contributed by atoms with Crippen molar-refractivity contribution >= 4 is 11.8 Å². The van der Waals surface area contributed by atoms with E-state index in [0.717, 1.165) is 0 Å². The van der Waals surface area contributed by atoms with Gasteiger partial charge in [0.05, 0.1) is 6.04 Å². The van der Waals surface area contributed by atoms with Crippen molar-refractivity contribution in [3.63, 3.8) is 0 Å². The molecule has 0 saturated heterocycles. The quantitative estimate of drug-likeness (QED) is 0.584. The standard InChI is InChI=1S/C10H21N3O2/c1-6(2)10(4,9(11)15)13-8(14)7(3)12-5/h6-7,12H,1-5H3,(H2,11,15)(H,13,14). The molecule has 0 spiro atoms. The Morgan fingerprint density at radius 3 is 2.00 bits per heavy atom. The van der Waals surface area contributed by atoms with E-state index in [0.29, 0.717) is 0 Å². The lowest BCUT2D eigenvalue weighted by molar-refractivity contribution is -0.133. The van der Waals surface area contributed by atoms with Gasteiger partial charge in [-0.05, 0) is 26.8 Å². The molecule has 0 radical (unpaired) electrons. The molecule has 88 valence electrons. The maximum atomic E-state index is 11.6. The second kappa shape index (κ2) is 5.11. The van der Waals surface area contributed by atoms with Gasteiger partial charge in [0.15, 0.2) is 0 Å². The molecule has 0 aliphatic heterocycles. The Hall–Kier alpha value is -1.10. The summed E-state index contributed by atoms with van der Waals surface area (Å²) in [6, 6.07) is -0.345. The van der Waals surface area contributed by atoms with Gasteiger partial charge in [0, 0.05) is 0 Å². The van der Waals surface area contributed by atoms with Crippen LogP contribution in [-0.4, -0.2) is 30.4 Å². The maximum absolute atomic E-state index is 11.6. The normalized spacial score (nSPS) is 16.9. The number of primary amides is 1. The topological polar surface area (TPSA) is 84.2 Å². The lowest BCUT2D eigenvalue weighted by Gasteiger charge is -2.32. The largest absolute Gasteiger partial charge is 0.368 e. The summed E-state index contributed by atoms with van der Waals surface area (Å²) in [4.78, 5) is 22.9. The van der Waals surface area contributed by atoms with Crippen molar-refractivity contribution in [2.24, 2.45) is 11.7 Å². The van der Waals surface area contributed by atoms with Crippen molar-refractivity contribution in [2.45, 2.75) is 39.3 Å². The highest BCUT2D eigenvalue weighted by Crippen LogP contribution is 2.15. The zero-order valence-electron chi connectivity index (χ0n) is 10.0. The molecule has 15 heavy (non-hydrogen) atoms. The van der Waals surface area contributed by atoms with Crippen LogP contribution in [0.3, 0.4) is 0 Å². The molecule has 0 aliphatic carbocycles. The third-order valence-electron chi connectivity index (χ3n) is 2.88. The van der Waals surface area contributed by atoms with E-state index in [-0.39, 0.29) is 17.9 Å². The smallest absolute Gasteiger partial charge is 0.243 e.